The Hall–Kier alpha value is -2.10. The first-order valence-electron chi connectivity index (χ1n) is 9.88. The van der Waals surface area contributed by atoms with Crippen molar-refractivity contribution in [3.63, 3.8) is 0 Å². The molecule has 4 aliphatic carbocycles. The molecule has 0 aliphatic heterocycles. The lowest BCUT2D eigenvalue weighted by molar-refractivity contribution is -0.131. The van der Waals surface area contributed by atoms with Crippen molar-refractivity contribution in [2.24, 2.45) is 17.8 Å². The monoisotopic (exact) mass is 350 g/mol. The fourth-order valence-corrected chi connectivity index (χ4v) is 6.19. The Morgan fingerprint density at radius 2 is 1.62 bits per heavy atom. The number of imidazole rings is 1. The Balaban J connectivity index is 1.43. The molecule has 1 heterocycles. The van der Waals surface area contributed by atoms with Gasteiger partial charge >= 0.3 is 5.97 Å². The Morgan fingerprint density at radius 1 is 1.04 bits per heavy atom. The van der Waals surface area contributed by atoms with E-state index in [1.165, 1.54) is 19.3 Å². The fraction of sp³-hybridized carbons (Fsp3) is 0.545. The molecule has 4 bridgehead atoms. The van der Waals surface area contributed by atoms with Gasteiger partial charge in [-0.05, 0) is 82.3 Å². The largest absolute Gasteiger partial charge is 0.454 e. The molecule has 2 aromatic rings. The standard InChI is InChI=1S/C22H26N2O2/c1-14-20(23-15(2)24(14)19-6-4-3-5-7-19)21(25)26-22-11-16-8-17(12-22)10-18(9-16)13-22/h3-7,16-18H,8-13H2,1-2H3. The first-order valence-corrected chi connectivity index (χ1v) is 9.88. The molecule has 4 aliphatic rings. The van der Waals surface area contributed by atoms with Crippen LogP contribution in [0.1, 0.15) is 60.5 Å². The maximum atomic E-state index is 13.0. The van der Waals surface area contributed by atoms with Crippen LogP contribution < -0.4 is 0 Å². The van der Waals surface area contributed by atoms with Crippen LogP contribution in [0.5, 0.6) is 0 Å². The van der Waals surface area contributed by atoms with Crippen LogP contribution >= 0.6 is 0 Å². The van der Waals surface area contributed by atoms with Gasteiger partial charge in [0.15, 0.2) is 5.69 Å². The van der Waals surface area contributed by atoms with Crippen molar-refractivity contribution in [1.29, 1.82) is 0 Å². The summed E-state index contributed by atoms with van der Waals surface area (Å²) in [6.45, 7) is 3.91. The lowest BCUT2D eigenvalue weighted by atomic mass is 9.54. The maximum Gasteiger partial charge on any atom is 0.359 e. The van der Waals surface area contributed by atoms with Gasteiger partial charge in [0.05, 0.1) is 5.69 Å². The minimum absolute atomic E-state index is 0.220. The third kappa shape index (κ3) is 2.50. The van der Waals surface area contributed by atoms with Crippen LogP contribution in [-0.4, -0.2) is 21.1 Å². The van der Waals surface area contributed by atoms with Gasteiger partial charge in [0.1, 0.15) is 11.4 Å². The quantitative estimate of drug-likeness (QED) is 0.759. The average molecular weight is 350 g/mol. The van der Waals surface area contributed by atoms with E-state index in [4.69, 9.17) is 4.74 Å². The highest BCUT2D eigenvalue weighted by atomic mass is 16.6. The minimum atomic E-state index is -0.234. The molecular weight excluding hydrogens is 324 g/mol. The molecule has 0 N–H and O–H groups in total. The first-order chi connectivity index (χ1) is 12.5. The molecule has 4 heteroatoms. The smallest absolute Gasteiger partial charge is 0.359 e. The molecule has 4 nitrogen and oxygen atoms in total. The van der Waals surface area contributed by atoms with Crippen LogP contribution in [0.3, 0.4) is 0 Å². The second kappa shape index (κ2) is 5.70. The Kier molecular flexibility index (Phi) is 3.53. The van der Waals surface area contributed by atoms with Crippen molar-refractivity contribution in [3.05, 3.63) is 47.5 Å². The van der Waals surface area contributed by atoms with Gasteiger partial charge in [0.2, 0.25) is 0 Å². The Bertz CT molecular complexity index is 817. The fourth-order valence-electron chi connectivity index (χ4n) is 6.19. The van der Waals surface area contributed by atoms with Crippen molar-refractivity contribution >= 4 is 5.97 Å². The van der Waals surface area contributed by atoms with Gasteiger partial charge < -0.3 is 9.30 Å². The van der Waals surface area contributed by atoms with Crippen molar-refractivity contribution in [2.45, 2.75) is 58.0 Å². The van der Waals surface area contributed by atoms with Gasteiger partial charge in [-0.2, -0.15) is 0 Å². The predicted molar refractivity (Wildman–Crippen MR) is 99.4 cm³/mol. The minimum Gasteiger partial charge on any atom is -0.454 e. The van der Waals surface area contributed by atoms with Gasteiger partial charge in [-0.1, -0.05) is 18.2 Å². The number of hydrogen-bond donors (Lipinski definition) is 0. The number of ether oxygens (including phenoxy) is 1. The molecule has 26 heavy (non-hydrogen) atoms. The lowest BCUT2D eigenvalue weighted by Crippen LogP contribution is -2.52. The second-order valence-corrected chi connectivity index (χ2v) is 8.75. The summed E-state index contributed by atoms with van der Waals surface area (Å²) in [7, 11) is 0. The van der Waals surface area contributed by atoms with E-state index in [-0.39, 0.29) is 11.6 Å². The number of nitrogens with zero attached hydrogens (tertiary/aromatic N) is 2. The van der Waals surface area contributed by atoms with E-state index < -0.39 is 0 Å². The van der Waals surface area contributed by atoms with Gasteiger partial charge in [-0.15, -0.1) is 0 Å². The summed E-state index contributed by atoms with van der Waals surface area (Å²) in [6, 6.07) is 10.1. The number of rotatable bonds is 3. The highest BCUT2D eigenvalue weighted by Crippen LogP contribution is 2.57. The van der Waals surface area contributed by atoms with Crippen molar-refractivity contribution < 1.29 is 9.53 Å². The van der Waals surface area contributed by atoms with E-state index in [1.54, 1.807) is 0 Å². The Labute approximate surface area is 154 Å². The molecule has 0 amide bonds. The summed E-state index contributed by atoms with van der Waals surface area (Å²) in [5.41, 5.74) is 2.15. The number of hydrogen-bond acceptors (Lipinski definition) is 3. The summed E-state index contributed by atoms with van der Waals surface area (Å²) in [5, 5.41) is 0. The summed E-state index contributed by atoms with van der Waals surface area (Å²) >= 11 is 0. The van der Waals surface area contributed by atoms with Crippen LogP contribution in [0, 0.1) is 31.6 Å². The third-order valence-corrected chi connectivity index (χ3v) is 6.77. The Morgan fingerprint density at radius 3 is 2.19 bits per heavy atom. The number of carbonyl (C=O) groups excluding carboxylic acids is 1. The van der Waals surface area contributed by atoms with E-state index in [9.17, 15) is 4.79 Å². The van der Waals surface area contributed by atoms with Gasteiger partial charge in [0, 0.05) is 5.69 Å². The summed E-state index contributed by atoms with van der Waals surface area (Å²) in [5.74, 6) is 2.88. The molecule has 0 saturated heterocycles. The van der Waals surface area contributed by atoms with Crippen LogP contribution in [-0.2, 0) is 4.74 Å². The number of para-hydroxylation sites is 1. The lowest BCUT2D eigenvalue weighted by Gasteiger charge is -2.55. The molecule has 0 unspecified atom stereocenters. The van der Waals surface area contributed by atoms with E-state index in [1.807, 2.05) is 48.7 Å². The molecule has 0 spiro atoms. The topological polar surface area (TPSA) is 44.1 Å². The summed E-state index contributed by atoms with van der Waals surface area (Å²) in [4.78, 5) is 17.6. The molecule has 6 rings (SSSR count). The van der Waals surface area contributed by atoms with E-state index in [0.717, 1.165) is 54.2 Å². The van der Waals surface area contributed by atoms with E-state index >= 15 is 0 Å². The van der Waals surface area contributed by atoms with Crippen molar-refractivity contribution in [2.75, 3.05) is 0 Å². The first kappa shape index (κ1) is 16.1. The van der Waals surface area contributed by atoms with Crippen molar-refractivity contribution in [1.82, 2.24) is 9.55 Å². The molecule has 1 aromatic heterocycles. The highest BCUT2D eigenvalue weighted by Gasteiger charge is 2.53. The molecule has 4 saturated carbocycles. The highest BCUT2D eigenvalue weighted by molar-refractivity contribution is 5.89. The van der Waals surface area contributed by atoms with Crippen LogP contribution in [0.2, 0.25) is 0 Å². The molecule has 0 radical (unpaired) electrons. The molecular formula is C22H26N2O2. The van der Waals surface area contributed by atoms with Crippen LogP contribution in [0.15, 0.2) is 30.3 Å². The SMILES string of the molecule is Cc1nc(C(=O)OC23CC4CC(CC(C4)C2)C3)c(C)n1-c1ccccc1. The maximum absolute atomic E-state index is 13.0. The zero-order valence-corrected chi connectivity index (χ0v) is 15.6. The number of aromatic nitrogens is 2. The zero-order chi connectivity index (χ0) is 17.9. The summed E-state index contributed by atoms with van der Waals surface area (Å²) in [6.07, 6.45) is 7.21. The molecule has 4 fully saturated rings. The number of carbonyl (C=O) groups is 1. The van der Waals surface area contributed by atoms with E-state index in [2.05, 4.69) is 4.98 Å². The third-order valence-electron chi connectivity index (χ3n) is 6.77. The normalized spacial score (nSPS) is 32.0. The summed E-state index contributed by atoms with van der Waals surface area (Å²) < 4.78 is 8.24. The molecule has 0 atom stereocenters. The zero-order valence-electron chi connectivity index (χ0n) is 15.6. The van der Waals surface area contributed by atoms with Crippen LogP contribution in [0.25, 0.3) is 5.69 Å². The molecule has 136 valence electrons. The predicted octanol–water partition coefficient (Wildman–Crippen LogP) is 4.61. The van der Waals surface area contributed by atoms with Gasteiger partial charge in [-0.3, -0.25) is 0 Å². The van der Waals surface area contributed by atoms with E-state index in [0.29, 0.717) is 5.69 Å². The van der Waals surface area contributed by atoms with Gasteiger partial charge in [-0.25, -0.2) is 9.78 Å². The van der Waals surface area contributed by atoms with Crippen molar-refractivity contribution in [3.8, 4) is 5.69 Å². The number of esters is 1. The van der Waals surface area contributed by atoms with Gasteiger partial charge in [0.25, 0.3) is 0 Å². The van der Waals surface area contributed by atoms with Crippen LogP contribution in [0.4, 0.5) is 0 Å². The number of benzene rings is 1. The number of aryl methyl sites for hydroxylation is 1. The second-order valence-electron chi connectivity index (χ2n) is 8.75. The average Bonchev–Trinajstić information content (AvgIpc) is 2.88. The molecule has 1 aromatic carbocycles.